The normalized spacial score (nSPS) is 9.73. The van der Waals surface area contributed by atoms with Crippen LogP contribution in [-0.2, 0) is 0 Å². The molecule has 0 radical (unpaired) electrons. The van der Waals surface area contributed by atoms with Crippen LogP contribution < -0.4 is 10.6 Å². The molecule has 2 aromatic rings. The number of amides is 2. The summed E-state index contributed by atoms with van der Waals surface area (Å²) in [6, 6.07) is 16.1. The molecule has 3 heteroatoms. The lowest BCUT2D eigenvalue weighted by molar-refractivity contribution is 0.250. The highest BCUT2D eigenvalue weighted by Crippen LogP contribution is 2.17. The van der Waals surface area contributed by atoms with E-state index in [4.69, 9.17) is 0 Å². The van der Waals surface area contributed by atoms with Crippen LogP contribution in [-0.4, -0.2) is 12.1 Å². The van der Waals surface area contributed by atoms with Crippen LogP contribution in [0.2, 0.25) is 0 Å². The predicted octanol–water partition coefficient (Wildman–Crippen LogP) is 4.83. The van der Waals surface area contributed by atoms with E-state index in [1.54, 1.807) is 0 Å². The molecular formula is C19H26N2O. The molecule has 0 heterocycles. The molecule has 118 valence electrons. The van der Waals surface area contributed by atoms with E-state index in [1.165, 1.54) is 11.1 Å². The summed E-state index contributed by atoms with van der Waals surface area (Å²) in [6.45, 7) is 9.98. The van der Waals surface area contributed by atoms with Crippen molar-refractivity contribution in [3.05, 3.63) is 65.2 Å². The molecule has 22 heavy (non-hydrogen) atoms. The lowest BCUT2D eigenvalue weighted by Crippen LogP contribution is -2.34. The van der Waals surface area contributed by atoms with Gasteiger partial charge in [-0.15, -0.1) is 0 Å². The van der Waals surface area contributed by atoms with Crippen molar-refractivity contribution in [3.63, 3.8) is 0 Å². The summed E-state index contributed by atoms with van der Waals surface area (Å²) in [4.78, 5) is 11.5. The average Bonchev–Trinajstić information content (AvgIpc) is 2.44. The Morgan fingerprint density at radius 1 is 0.909 bits per heavy atom. The van der Waals surface area contributed by atoms with Crippen LogP contribution in [0.1, 0.15) is 30.5 Å². The van der Waals surface area contributed by atoms with Crippen molar-refractivity contribution in [2.24, 2.45) is 0 Å². The fourth-order valence-electron chi connectivity index (χ4n) is 1.84. The number of hydrogen-bond donors (Lipinski definition) is 2. The predicted molar refractivity (Wildman–Crippen MR) is 94.4 cm³/mol. The molecule has 0 aliphatic rings. The topological polar surface area (TPSA) is 41.1 Å². The second-order valence-electron chi connectivity index (χ2n) is 5.66. The number of nitrogens with one attached hydrogen (secondary N) is 2. The van der Waals surface area contributed by atoms with E-state index in [-0.39, 0.29) is 12.1 Å². The van der Waals surface area contributed by atoms with E-state index < -0.39 is 0 Å². The minimum absolute atomic E-state index is 0.148. The summed E-state index contributed by atoms with van der Waals surface area (Å²) < 4.78 is 0. The molecule has 0 aromatic heterocycles. The minimum Gasteiger partial charge on any atom is -0.336 e. The van der Waals surface area contributed by atoms with Crippen LogP contribution in [0.25, 0.3) is 0 Å². The molecule has 0 saturated heterocycles. The summed E-state index contributed by atoms with van der Waals surface area (Å²) in [6.07, 6.45) is 0. The highest BCUT2D eigenvalue weighted by molar-refractivity contribution is 5.90. The molecule has 0 bridgehead atoms. The quantitative estimate of drug-likeness (QED) is 0.819. The first-order valence-electron chi connectivity index (χ1n) is 7.55. The lowest BCUT2D eigenvalue weighted by Gasteiger charge is -2.12. The number of hydrogen-bond acceptors (Lipinski definition) is 1. The zero-order valence-electron chi connectivity index (χ0n) is 14.1. The van der Waals surface area contributed by atoms with E-state index in [0.29, 0.717) is 0 Å². The molecule has 2 rings (SSSR count). The van der Waals surface area contributed by atoms with Gasteiger partial charge in [-0.25, -0.2) is 4.79 Å². The Morgan fingerprint density at radius 2 is 1.55 bits per heavy atom. The molecule has 0 atom stereocenters. The van der Waals surface area contributed by atoms with Gasteiger partial charge in [-0.1, -0.05) is 48.0 Å². The molecule has 2 N–H and O–H groups in total. The molecule has 2 amide bonds. The van der Waals surface area contributed by atoms with Crippen molar-refractivity contribution in [1.82, 2.24) is 5.32 Å². The van der Waals surface area contributed by atoms with Crippen molar-refractivity contribution < 1.29 is 4.79 Å². The van der Waals surface area contributed by atoms with Crippen molar-refractivity contribution in [3.8, 4) is 0 Å². The zero-order chi connectivity index (χ0) is 16.5. The number of aryl methyl sites for hydroxylation is 2. The van der Waals surface area contributed by atoms with E-state index in [0.717, 1.165) is 11.3 Å². The highest BCUT2D eigenvalue weighted by Gasteiger charge is 2.05. The summed E-state index contributed by atoms with van der Waals surface area (Å²) >= 11 is 0. The first-order chi connectivity index (χ1) is 10.4. The third kappa shape index (κ3) is 6.44. The number of rotatable bonds is 2. The number of urea groups is 1. The maximum absolute atomic E-state index is 11.5. The van der Waals surface area contributed by atoms with Gasteiger partial charge in [0, 0.05) is 11.7 Å². The largest absolute Gasteiger partial charge is 0.336 e. The van der Waals surface area contributed by atoms with Crippen molar-refractivity contribution >= 4 is 11.7 Å². The summed E-state index contributed by atoms with van der Waals surface area (Å²) in [5.41, 5.74) is 4.48. The van der Waals surface area contributed by atoms with Crippen LogP contribution >= 0.6 is 0 Å². The Kier molecular flexibility index (Phi) is 7.17. The standard InChI is InChI=1S/C12H18N2O.C7H8/c1-8(2)13-12(15)14-11-7-5-6-9(3)10(11)4;1-7-5-3-2-4-6-7/h5-8H,1-4H3,(H2,13,14,15);2-6H,1H3. The van der Waals surface area contributed by atoms with Gasteiger partial charge in [0.25, 0.3) is 0 Å². The SMILES string of the molecule is Cc1cccc(NC(=O)NC(C)C)c1C.Cc1ccccc1. The monoisotopic (exact) mass is 298 g/mol. The molecule has 0 aliphatic carbocycles. The van der Waals surface area contributed by atoms with Crippen LogP contribution in [0, 0.1) is 20.8 Å². The van der Waals surface area contributed by atoms with Gasteiger partial charge >= 0.3 is 6.03 Å². The Balaban J connectivity index is 0.000000287. The van der Waals surface area contributed by atoms with Crippen LogP contribution in [0.5, 0.6) is 0 Å². The van der Waals surface area contributed by atoms with Crippen molar-refractivity contribution in [2.75, 3.05) is 5.32 Å². The third-order valence-corrected chi connectivity index (χ3v) is 3.21. The Bertz CT molecular complexity index is 592. The summed E-state index contributed by atoms with van der Waals surface area (Å²) in [5.74, 6) is 0. The highest BCUT2D eigenvalue weighted by atomic mass is 16.2. The molecule has 0 aliphatic heterocycles. The van der Waals surface area contributed by atoms with E-state index in [9.17, 15) is 4.79 Å². The van der Waals surface area contributed by atoms with E-state index in [2.05, 4.69) is 29.7 Å². The Morgan fingerprint density at radius 3 is 2.05 bits per heavy atom. The molecule has 0 spiro atoms. The molecule has 3 nitrogen and oxygen atoms in total. The molecular weight excluding hydrogens is 272 g/mol. The molecule has 0 saturated carbocycles. The molecule has 0 unspecified atom stereocenters. The lowest BCUT2D eigenvalue weighted by atomic mass is 10.1. The zero-order valence-corrected chi connectivity index (χ0v) is 14.1. The smallest absolute Gasteiger partial charge is 0.319 e. The van der Waals surface area contributed by atoms with Crippen LogP contribution in [0.4, 0.5) is 10.5 Å². The fourth-order valence-corrected chi connectivity index (χ4v) is 1.84. The van der Waals surface area contributed by atoms with Gasteiger partial charge in [-0.2, -0.15) is 0 Å². The number of carbonyl (C=O) groups excluding carboxylic acids is 1. The Hall–Kier alpha value is -2.29. The second-order valence-corrected chi connectivity index (χ2v) is 5.66. The fraction of sp³-hybridized carbons (Fsp3) is 0.316. The average molecular weight is 298 g/mol. The number of anilines is 1. The van der Waals surface area contributed by atoms with Gasteiger partial charge in [-0.3, -0.25) is 0 Å². The first-order valence-corrected chi connectivity index (χ1v) is 7.55. The van der Waals surface area contributed by atoms with Crippen LogP contribution in [0.15, 0.2) is 48.5 Å². The second kappa shape index (κ2) is 8.88. The van der Waals surface area contributed by atoms with Gasteiger partial charge < -0.3 is 10.6 Å². The van der Waals surface area contributed by atoms with E-state index in [1.807, 2.05) is 64.1 Å². The van der Waals surface area contributed by atoms with Crippen molar-refractivity contribution in [2.45, 2.75) is 40.7 Å². The van der Waals surface area contributed by atoms with Gasteiger partial charge in [0.2, 0.25) is 0 Å². The third-order valence-electron chi connectivity index (χ3n) is 3.21. The summed E-state index contributed by atoms with van der Waals surface area (Å²) in [7, 11) is 0. The van der Waals surface area contributed by atoms with E-state index >= 15 is 0 Å². The Labute approximate surface area is 133 Å². The summed E-state index contributed by atoms with van der Waals surface area (Å²) in [5, 5.41) is 5.62. The van der Waals surface area contributed by atoms with Crippen molar-refractivity contribution in [1.29, 1.82) is 0 Å². The number of carbonyl (C=O) groups is 1. The number of benzene rings is 2. The maximum atomic E-state index is 11.5. The molecule has 2 aromatic carbocycles. The van der Waals surface area contributed by atoms with Gasteiger partial charge in [-0.05, 0) is 51.8 Å². The first kappa shape index (κ1) is 17.8. The minimum atomic E-state index is -0.154. The van der Waals surface area contributed by atoms with Crippen LogP contribution in [0.3, 0.4) is 0 Å². The van der Waals surface area contributed by atoms with Gasteiger partial charge in [0.15, 0.2) is 0 Å². The maximum Gasteiger partial charge on any atom is 0.319 e. The molecule has 0 fully saturated rings. The van der Waals surface area contributed by atoms with Gasteiger partial charge in [0.05, 0.1) is 0 Å². The van der Waals surface area contributed by atoms with Gasteiger partial charge in [0.1, 0.15) is 0 Å².